The Morgan fingerprint density at radius 1 is 1.75 bits per heavy atom. The molecular weight excluding hydrogens is 204 g/mol. The summed E-state index contributed by atoms with van der Waals surface area (Å²) in [6, 6.07) is 0. The molecule has 0 aromatic heterocycles. The lowest BCUT2D eigenvalue weighted by Crippen LogP contribution is -2.21. The van der Waals surface area contributed by atoms with Gasteiger partial charge in [0.15, 0.2) is 0 Å². The maximum absolute atomic E-state index is 10.2. The zero-order valence-corrected chi connectivity index (χ0v) is 7.93. The van der Waals surface area contributed by atoms with Crippen molar-refractivity contribution in [3.63, 3.8) is 0 Å². The summed E-state index contributed by atoms with van der Waals surface area (Å²) in [6.45, 7) is 1.31. The molecule has 8 heteroatoms. The number of hydrogen-bond donors (Lipinski definition) is 2. The van der Waals surface area contributed by atoms with Crippen LogP contribution in [-0.4, -0.2) is 34.5 Å². The van der Waals surface area contributed by atoms with Crippen LogP contribution in [0.25, 0.3) is 0 Å². The third-order valence-electron chi connectivity index (χ3n) is 1.01. The van der Waals surface area contributed by atoms with Crippen molar-refractivity contribution in [3.8, 4) is 0 Å². The monoisotopic (exact) mass is 213 g/mol. The summed E-state index contributed by atoms with van der Waals surface area (Å²) in [6.07, 6.45) is 0. The van der Waals surface area contributed by atoms with E-state index in [0.29, 0.717) is 0 Å². The minimum atomic E-state index is -2.31. The molecule has 0 spiro atoms. The molecule has 3 atom stereocenters. The van der Waals surface area contributed by atoms with Crippen molar-refractivity contribution in [2.45, 2.75) is 12.2 Å². The number of hydrogen-bond acceptors (Lipinski definition) is 4. The molecule has 0 aliphatic heterocycles. The van der Waals surface area contributed by atoms with Crippen molar-refractivity contribution >= 4 is 27.3 Å². The summed E-state index contributed by atoms with van der Waals surface area (Å²) < 4.78 is 39.0. The molecule has 0 heterocycles. The Hall–Kier alpha value is -0.310. The summed E-state index contributed by atoms with van der Waals surface area (Å²) in [7, 11) is 0. The lowest BCUT2D eigenvalue weighted by Gasteiger charge is -2.11. The van der Waals surface area contributed by atoms with Gasteiger partial charge in [0.1, 0.15) is 0 Å². The molecule has 0 saturated heterocycles. The van der Waals surface area contributed by atoms with Gasteiger partial charge in [0.25, 0.3) is 0 Å². The Morgan fingerprint density at radius 2 is 2.25 bits per heavy atom. The molecule has 0 aliphatic carbocycles. The van der Waals surface area contributed by atoms with Gasteiger partial charge >= 0.3 is 0 Å². The highest BCUT2D eigenvalue weighted by molar-refractivity contribution is 7.95. The predicted molar refractivity (Wildman–Crippen MR) is 45.6 cm³/mol. The second-order valence-corrected chi connectivity index (χ2v) is 4.24. The average molecular weight is 213 g/mol. The molecule has 0 bridgehead atoms. The van der Waals surface area contributed by atoms with Crippen molar-refractivity contribution in [1.82, 2.24) is 0 Å². The van der Waals surface area contributed by atoms with Crippen LogP contribution in [0.4, 0.5) is 0 Å². The van der Waals surface area contributed by atoms with Crippen LogP contribution in [-0.2, 0) is 22.2 Å². The van der Waals surface area contributed by atoms with E-state index in [1.807, 2.05) is 0 Å². The van der Waals surface area contributed by atoms with Gasteiger partial charge in [-0.1, -0.05) is 18.0 Å². The fourth-order valence-corrected chi connectivity index (χ4v) is 0.716. The van der Waals surface area contributed by atoms with Gasteiger partial charge in [0.2, 0.25) is 16.2 Å². The van der Waals surface area contributed by atoms with Crippen LogP contribution < -0.4 is 5.73 Å². The zero-order valence-electron chi connectivity index (χ0n) is 6.30. The molecule has 0 radical (unpaired) electrons. The third-order valence-corrected chi connectivity index (χ3v) is 2.30. The van der Waals surface area contributed by atoms with Crippen molar-refractivity contribution in [2.75, 3.05) is 6.54 Å². The maximum Gasteiger partial charge on any atom is 0.222 e. The fourth-order valence-electron chi connectivity index (χ4n) is 0.335. The van der Waals surface area contributed by atoms with Gasteiger partial charge in [-0.15, -0.1) is 0 Å². The van der Waals surface area contributed by atoms with E-state index in [-0.39, 0.29) is 6.54 Å². The number of amidine groups is 1. The standard InChI is InChI=1S/C4H10N2O4S2/c1-3(11(7)8)2-6-4(5)12(9)10/h3H,2H2,1H3,(H2,5,6)(H,7,8)(H,9,10)/p-1. The molecule has 0 fully saturated rings. The molecule has 0 amide bonds. The van der Waals surface area contributed by atoms with E-state index in [9.17, 15) is 13.0 Å². The van der Waals surface area contributed by atoms with Gasteiger partial charge in [-0.2, -0.15) is 0 Å². The third kappa shape index (κ3) is 4.54. The number of rotatable bonds is 3. The molecule has 6 nitrogen and oxygen atoms in total. The van der Waals surface area contributed by atoms with E-state index in [2.05, 4.69) is 4.99 Å². The molecule has 3 N–H and O–H groups in total. The topological polar surface area (TPSA) is 116 Å². The SMILES string of the molecule is CC(CN=C(N)S(=O)O)S(=O)[O-]. The quantitative estimate of drug-likeness (QED) is 0.346. The van der Waals surface area contributed by atoms with E-state index in [4.69, 9.17) is 10.3 Å². The van der Waals surface area contributed by atoms with E-state index >= 15 is 0 Å². The van der Waals surface area contributed by atoms with Crippen LogP contribution in [0.15, 0.2) is 4.99 Å². The Kier molecular flexibility index (Phi) is 5.22. The molecular formula is C4H9N2O4S2-. The molecule has 0 aromatic rings. The van der Waals surface area contributed by atoms with Crippen molar-refractivity contribution < 1.29 is 17.5 Å². The smallest absolute Gasteiger partial charge is 0.222 e. The molecule has 12 heavy (non-hydrogen) atoms. The number of aliphatic imine (C=N–C) groups is 1. The van der Waals surface area contributed by atoms with Gasteiger partial charge < -0.3 is 10.3 Å². The van der Waals surface area contributed by atoms with Crippen LogP contribution in [0.2, 0.25) is 0 Å². The molecule has 0 rings (SSSR count). The molecule has 72 valence electrons. The highest BCUT2D eigenvalue weighted by Crippen LogP contribution is 1.92. The summed E-state index contributed by atoms with van der Waals surface area (Å²) in [5.74, 6) is 0. The minimum absolute atomic E-state index is 0.103. The van der Waals surface area contributed by atoms with Gasteiger partial charge in [-0.3, -0.25) is 13.8 Å². The fraction of sp³-hybridized carbons (Fsp3) is 0.750. The van der Waals surface area contributed by atoms with Crippen molar-refractivity contribution in [1.29, 1.82) is 0 Å². The second kappa shape index (κ2) is 5.36. The molecule has 0 aliphatic rings. The summed E-state index contributed by atoms with van der Waals surface area (Å²) in [5, 5.41) is -1.17. The first-order chi connectivity index (χ1) is 5.45. The highest BCUT2D eigenvalue weighted by atomic mass is 32.2. The lowest BCUT2D eigenvalue weighted by molar-refractivity contribution is 0.525. The summed E-state index contributed by atoms with van der Waals surface area (Å²) in [5.41, 5.74) is 4.96. The number of nitrogens with zero attached hydrogens (tertiary/aromatic N) is 1. The van der Waals surface area contributed by atoms with E-state index < -0.39 is 32.6 Å². The predicted octanol–water partition coefficient (Wildman–Crippen LogP) is -1.21. The summed E-state index contributed by atoms with van der Waals surface area (Å²) >= 11 is -4.55. The van der Waals surface area contributed by atoms with E-state index in [1.54, 1.807) is 0 Å². The average Bonchev–Trinajstić information content (AvgIpc) is 1.98. The van der Waals surface area contributed by atoms with Crippen LogP contribution >= 0.6 is 0 Å². The first-order valence-corrected chi connectivity index (χ1v) is 5.18. The van der Waals surface area contributed by atoms with Crippen LogP contribution in [0, 0.1) is 0 Å². The van der Waals surface area contributed by atoms with Gasteiger partial charge in [0.05, 0.1) is 6.54 Å². The molecule has 0 saturated carbocycles. The lowest BCUT2D eigenvalue weighted by atomic mass is 10.5. The van der Waals surface area contributed by atoms with Gasteiger partial charge in [-0.25, -0.2) is 4.21 Å². The Balaban J connectivity index is 4.04. The van der Waals surface area contributed by atoms with Crippen LogP contribution in [0.1, 0.15) is 6.92 Å². The molecule has 0 aromatic carbocycles. The normalized spacial score (nSPS) is 20.1. The van der Waals surface area contributed by atoms with Gasteiger partial charge in [0, 0.05) is 5.25 Å². The Morgan fingerprint density at radius 3 is 2.58 bits per heavy atom. The van der Waals surface area contributed by atoms with Crippen LogP contribution in [0.3, 0.4) is 0 Å². The Labute approximate surface area is 74.8 Å². The van der Waals surface area contributed by atoms with Gasteiger partial charge in [-0.05, 0) is 0 Å². The highest BCUT2D eigenvalue weighted by Gasteiger charge is 2.03. The minimum Gasteiger partial charge on any atom is -0.772 e. The molecule has 3 unspecified atom stereocenters. The number of nitrogens with two attached hydrogens (primary N) is 1. The van der Waals surface area contributed by atoms with Crippen molar-refractivity contribution in [2.24, 2.45) is 10.7 Å². The van der Waals surface area contributed by atoms with E-state index in [1.165, 1.54) is 6.92 Å². The first-order valence-electron chi connectivity index (χ1n) is 2.94. The first kappa shape index (κ1) is 11.7. The maximum atomic E-state index is 10.2. The van der Waals surface area contributed by atoms with E-state index in [0.717, 1.165) is 0 Å². The zero-order chi connectivity index (χ0) is 9.72. The van der Waals surface area contributed by atoms with Crippen molar-refractivity contribution in [3.05, 3.63) is 0 Å². The Bertz CT molecular complexity index is 229. The largest absolute Gasteiger partial charge is 0.772 e. The second-order valence-electron chi connectivity index (χ2n) is 2.00. The van der Waals surface area contributed by atoms with Crippen LogP contribution in [0.5, 0.6) is 0 Å². The summed E-state index contributed by atoms with van der Waals surface area (Å²) in [4.78, 5) is 3.40.